The Morgan fingerprint density at radius 1 is 1.50 bits per heavy atom. The highest BCUT2D eigenvalue weighted by Gasteiger charge is 2.17. The normalized spacial score (nSPS) is 11.8. The number of hydrogen-bond acceptors (Lipinski definition) is 4. The van der Waals surface area contributed by atoms with Crippen LogP contribution in [-0.2, 0) is 9.53 Å². The van der Waals surface area contributed by atoms with Crippen molar-refractivity contribution >= 4 is 23.8 Å². The first-order valence-corrected chi connectivity index (χ1v) is 6.65. The third-order valence-electron chi connectivity index (χ3n) is 2.61. The molecule has 1 amide bonds. The molecule has 6 heteroatoms. The Hall–Kier alpha value is -1.59. The summed E-state index contributed by atoms with van der Waals surface area (Å²) >= 11 is 5.97. The van der Waals surface area contributed by atoms with Gasteiger partial charge in [0.15, 0.2) is 12.4 Å². The van der Waals surface area contributed by atoms with Crippen LogP contribution in [0.2, 0.25) is 5.02 Å². The van der Waals surface area contributed by atoms with E-state index >= 15 is 0 Å². The summed E-state index contributed by atoms with van der Waals surface area (Å²) < 4.78 is 10.4. The maximum atomic E-state index is 11.8. The molecular weight excluding hydrogens is 282 g/mol. The van der Waals surface area contributed by atoms with Gasteiger partial charge in [-0.15, -0.1) is 0 Å². The van der Waals surface area contributed by atoms with Gasteiger partial charge >= 0.3 is 0 Å². The number of carbonyl (C=O) groups is 2. The van der Waals surface area contributed by atoms with Crippen molar-refractivity contribution in [2.24, 2.45) is 0 Å². The molecule has 1 aromatic rings. The first kappa shape index (κ1) is 16.5. The number of methoxy groups -OCH3 is 1. The van der Waals surface area contributed by atoms with Gasteiger partial charge in [-0.2, -0.15) is 0 Å². The highest BCUT2D eigenvalue weighted by Crippen LogP contribution is 2.28. The zero-order valence-corrected chi connectivity index (χ0v) is 12.3. The van der Waals surface area contributed by atoms with Crippen LogP contribution in [0.3, 0.4) is 0 Å². The van der Waals surface area contributed by atoms with Crippen LogP contribution < -0.4 is 10.1 Å². The molecule has 0 aliphatic carbocycles. The summed E-state index contributed by atoms with van der Waals surface area (Å²) in [7, 11) is 1.60. The Labute approximate surface area is 123 Å². The van der Waals surface area contributed by atoms with E-state index in [9.17, 15) is 9.59 Å². The Morgan fingerprint density at radius 2 is 2.25 bits per heavy atom. The molecule has 1 atom stereocenters. The summed E-state index contributed by atoms with van der Waals surface area (Å²) in [5.74, 6) is -0.0402. The molecule has 5 nitrogen and oxygen atoms in total. The molecule has 0 aromatic heterocycles. The molecule has 1 rings (SSSR count). The summed E-state index contributed by atoms with van der Waals surface area (Å²) in [5, 5.41) is 3.02. The van der Waals surface area contributed by atoms with E-state index < -0.39 is 6.10 Å². The van der Waals surface area contributed by atoms with Crippen LogP contribution in [0, 0.1) is 0 Å². The van der Waals surface area contributed by atoms with Gasteiger partial charge in [-0.25, -0.2) is 0 Å². The molecule has 1 N–H and O–H groups in total. The van der Waals surface area contributed by atoms with Crippen molar-refractivity contribution in [2.75, 3.05) is 20.3 Å². The number of para-hydroxylation sites is 1. The zero-order chi connectivity index (χ0) is 15.0. The molecule has 0 bridgehead atoms. The van der Waals surface area contributed by atoms with Gasteiger partial charge in [-0.3, -0.25) is 9.59 Å². The second-order valence-corrected chi connectivity index (χ2v) is 4.58. The van der Waals surface area contributed by atoms with Gasteiger partial charge in [0.05, 0.1) is 10.6 Å². The van der Waals surface area contributed by atoms with Crippen molar-refractivity contribution in [3.63, 3.8) is 0 Å². The number of nitrogens with one attached hydrogen (secondary N) is 1. The fourth-order valence-electron chi connectivity index (χ4n) is 1.54. The number of benzene rings is 1. The second kappa shape index (κ2) is 8.55. The fraction of sp³-hybridized carbons (Fsp3) is 0.429. The van der Waals surface area contributed by atoms with E-state index in [0.29, 0.717) is 30.0 Å². The second-order valence-electron chi connectivity index (χ2n) is 4.17. The highest BCUT2D eigenvalue weighted by molar-refractivity contribution is 6.32. The number of halogens is 1. The van der Waals surface area contributed by atoms with Crippen molar-refractivity contribution in [3.8, 4) is 5.75 Å². The van der Waals surface area contributed by atoms with Crippen LogP contribution >= 0.6 is 11.6 Å². The maximum absolute atomic E-state index is 11.8. The molecule has 0 aliphatic rings. The molecule has 1 aromatic carbocycles. The van der Waals surface area contributed by atoms with Crippen LogP contribution in [-0.4, -0.2) is 38.6 Å². The van der Waals surface area contributed by atoms with Crippen molar-refractivity contribution in [3.05, 3.63) is 28.8 Å². The molecule has 0 aliphatic heterocycles. The Kier molecular flexibility index (Phi) is 7.04. The topological polar surface area (TPSA) is 64.6 Å². The number of ether oxygens (including phenoxy) is 2. The molecule has 1 unspecified atom stereocenters. The molecule has 0 spiro atoms. The lowest BCUT2D eigenvalue weighted by Gasteiger charge is -2.16. The van der Waals surface area contributed by atoms with E-state index in [-0.39, 0.29) is 11.7 Å². The average molecular weight is 300 g/mol. The van der Waals surface area contributed by atoms with Gasteiger partial charge < -0.3 is 14.8 Å². The van der Waals surface area contributed by atoms with Crippen LogP contribution in [0.5, 0.6) is 5.75 Å². The quantitative estimate of drug-likeness (QED) is 0.589. The van der Waals surface area contributed by atoms with Crippen LogP contribution in [0.1, 0.15) is 23.7 Å². The summed E-state index contributed by atoms with van der Waals surface area (Å²) in [5.41, 5.74) is 0.316. The van der Waals surface area contributed by atoms with Gasteiger partial charge in [0.1, 0.15) is 5.75 Å². The van der Waals surface area contributed by atoms with Crippen molar-refractivity contribution < 1.29 is 19.1 Å². The monoisotopic (exact) mass is 299 g/mol. The standard InChI is InChI=1S/C14H18ClNO4/c1-10(14(18)16-7-4-8-19-2)20-13-11(9-17)5-3-6-12(13)15/h3,5-6,9-10H,4,7-8H2,1-2H3,(H,16,18). The number of amides is 1. The van der Waals surface area contributed by atoms with Crippen molar-refractivity contribution in [2.45, 2.75) is 19.4 Å². The van der Waals surface area contributed by atoms with E-state index in [4.69, 9.17) is 21.1 Å². The molecule has 0 heterocycles. The summed E-state index contributed by atoms with van der Waals surface area (Å²) in [4.78, 5) is 22.7. The molecule has 0 saturated heterocycles. The lowest BCUT2D eigenvalue weighted by molar-refractivity contribution is -0.127. The van der Waals surface area contributed by atoms with Crippen LogP contribution in [0.4, 0.5) is 0 Å². The van der Waals surface area contributed by atoms with E-state index in [1.54, 1.807) is 32.2 Å². The molecule has 0 saturated carbocycles. The molecule has 0 fully saturated rings. The third kappa shape index (κ3) is 4.83. The molecule has 110 valence electrons. The summed E-state index contributed by atoms with van der Waals surface area (Å²) in [6, 6.07) is 4.83. The smallest absolute Gasteiger partial charge is 0.260 e. The fourth-order valence-corrected chi connectivity index (χ4v) is 1.77. The first-order chi connectivity index (χ1) is 9.60. The van der Waals surface area contributed by atoms with Gasteiger partial charge in [-0.05, 0) is 25.5 Å². The average Bonchev–Trinajstić information content (AvgIpc) is 2.45. The number of hydrogen-bond donors (Lipinski definition) is 1. The summed E-state index contributed by atoms with van der Waals surface area (Å²) in [6.07, 6.45) is 0.626. The Morgan fingerprint density at radius 3 is 2.90 bits per heavy atom. The van der Waals surface area contributed by atoms with Crippen molar-refractivity contribution in [1.29, 1.82) is 0 Å². The third-order valence-corrected chi connectivity index (χ3v) is 2.91. The van der Waals surface area contributed by atoms with Crippen molar-refractivity contribution in [1.82, 2.24) is 5.32 Å². The summed E-state index contributed by atoms with van der Waals surface area (Å²) in [6.45, 7) is 2.68. The Bertz CT molecular complexity index is 464. The minimum atomic E-state index is -0.740. The minimum Gasteiger partial charge on any atom is -0.479 e. The molecule has 0 radical (unpaired) electrons. The SMILES string of the molecule is COCCCNC(=O)C(C)Oc1c(Cl)cccc1C=O. The lowest BCUT2D eigenvalue weighted by Crippen LogP contribution is -2.37. The van der Waals surface area contributed by atoms with Gasteiger partial charge in [0, 0.05) is 20.3 Å². The predicted octanol–water partition coefficient (Wildman–Crippen LogP) is 2.07. The minimum absolute atomic E-state index is 0.226. The molecular formula is C14H18ClNO4. The zero-order valence-electron chi connectivity index (χ0n) is 11.5. The molecule has 20 heavy (non-hydrogen) atoms. The number of aldehydes is 1. The van der Waals surface area contributed by atoms with Gasteiger partial charge in [0.25, 0.3) is 5.91 Å². The number of carbonyl (C=O) groups excluding carboxylic acids is 2. The van der Waals surface area contributed by atoms with E-state index in [1.807, 2.05) is 0 Å². The van der Waals surface area contributed by atoms with Gasteiger partial charge in [0.2, 0.25) is 0 Å². The lowest BCUT2D eigenvalue weighted by atomic mass is 10.2. The predicted molar refractivity (Wildman–Crippen MR) is 76.4 cm³/mol. The largest absolute Gasteiger partial charge is 0.479 e. The van der Waals surface area contributed by atoms with E-state index in [1.165, 1.54) is 0 Å². The van der Waals surface area contributed by atoms with E-state index in [0.717, 1.165) is 6.42 Å². The van der Waals surface area contributed by atoms with Crippen LogP contribution in [0.25, 0.3) is 0 Å². The Balaban J connectivity index is 2.59. The first-order valence-electron chi connectivity index (χ1n) is 6.27. The number of rotatable bonds is 8. The highest BCUT2D eigenvalue weighted by atomic mass is 35.5. The van der Waals surface area contributed by atoms with Gasteiger partial charge in [-0.1, -0.05) is 17.7 Å². The maximum Gasteiger partial charge on any atom is 0.260 e. The van der Waals surface area contributed by atoms with Crippen LogP contribution in [0.15, 0.2) is 18.2 Å². The van der Waals surface area contributed by atoms with E-state index in [2.05, 4.69) is 5.32 Å².